The van der Waals surface area contributed by atoms with E-state index in [4.69, 9.17) is 16.7 Å². The third-order valence-electron chi connectivity index (χ3n) is 6.79. The lowest BCUT2D eigenvalue weighted by Gasteiger charge is -2.23. The molecule has 0 fully saturated rings. The Morgan fingerprint density at radius 3 is 2.68 bits per heavy atom. The first-order chi connectivity index (χ1) is 20.0. The van der Waals surface area contributed by atoms with Crippen molar-refractivity contribution in [3.63, 3.8) is 0 Å². The van der Waals surface area contributed by atoms with E-state index in [1.54, 1.807) is 33.3 Å². The van der Waals surface area contributed by atoms with Gasteiger partial charge < -0.3 is 5.32 Å². The molecule has 206 valence electrons. The van der Waals surface area contributed by atoms with Crippen molar-refractivity contribution in [2.24, 2.45) is 0 Å². The molecule has 7 nitrogen and oxygen atoms in total. The molecule has 0 saturated carbocycles. The Labute approximate surface area is 251 Å². The van der Waals surface area contributed by atoms with Crippen LogP contribution in [0.15, 0.2) is 90.6 Å². The number of hydrogen-bond acceptors (Lipinski definition) is 6. The Hall–Kier alpha value is -3.92. The van der Waals surface area contributed by atoms with Gasteiger partial charge >= 0.3 is 0 Å². The summed E-state index contributed by atoms with van der Waals surface area (Å²) in [6.45, 7) is 2.20. The van der Waals surface area contributed by atoms with Gasteiger partial charge in [-0.05, 0) is 59.8 Å². The standard InChI is InChI=1S/C31H26ClN5O2S2/c1-20-9-11-24(12-10-20)37-31-28(29(35-37)25-8-4-14-40-25)30(22-6-2-7-23(32)15-22)41-19-27(39)36(31)18-26(38)34-17-21-5-3-13-33-16-21/h2-16,30H,17-19H2,1H3,(H,34,38). The first-order valence-electron chi connectivity index (χ1n) is 13.0. The Morgan fingerprint density at radius 2 is 1.95 bits per heavy atom. The summed E-state index contributed by atoms with van der Waals surface area (Å²) in [5.41, 5.74) is 5.43. The molecule has 10 heteroatoms. The van der Waals surface area contributed by atoms with Crippen LogP contribution in [0.25, 0.3) is 16.3 Å². The van der Waals surface area contributed by atoms with Gasteiger partial charge in [0, 0.05) is 29.5 Å². The number of nitrogens with zero attached hydrogens (tertiary/aromatic N) is 4. The average molecular weight is 600 g/mol. The first kappa shape index (κ1) is 27.3. The molecule has 41 heavy (non-hydrogen) atoms. The highest BCUT2D eigenvalue weighted by Crippen LogP contribution is 2.49. The minimum atomic E-state index is -0.270. The van der Waals surface area contributed by atoms with Crippen LogP contribution in [0.4, 0.5) is 5.82 Å². The van der Waals surface area contributed by atoms with E-state index >= 15 is 0 Å². The Kier molecular flexibility index (Phi) is 7.91. The molecule has 0 spiro atoms. The van der Waals surface area contributed by atoms with Gasteiger partial charge in [-0.3, -0.25) is 19.5 Å². The molecule has 6 rings (SSSR count). The Bertz CT molecular complexity index is 1690. The molecule has 1 atom stereocenters. The van der Waals surface area contributed by atoms with Crippen LogP contribution in [0.5, 0.6) is 0 Å². The maximum atomic E-state index is 13.8. The zero-order chi connectivity index (χ0) is 28.3. The third-order valence-corrected chi connectivity index (χ3v) is 9.15. The summed E-state index contributed by atoms with van der Waals surface area (Å²) in [5, 5.41) is 10.5. The van der Waals surface area contributed by atoms with Gasteiger partial charge in [-0.25, -0.2) is 4.68 Å². The number of benzene rings is 2. The van der Waals surface area contributed by atoms with Crippen molar-refractivity contribution in [2.45, 2.75) is 18.7 Å². The monoisotopic (exact) mass is 599 g/mol. The Balaban J connectivity index is 1.50. The molecule has 1 aliphatic heterocycles. The molecule has 1 unspecified atom stereocenters. The molecule has 5 aromatic rings. The quantitative estimate of drug-likeness (QED) is 0.233. The topological polar surface area (TPSA) is 80.1 Å². The minimum absolute atomic E-state index is 0.143. The summed E-state index contributed by atoms with van der Waals surface area (Å²) in [6.07, 6.45) is 3.40. The lowest BCUT2D eigenvalue weighted by molar-refractivity contribution is -0.123. The molecule has 3 aromatic heterocycles. The van der Waals surface area contributed by atoms with Gasteiger partial charge in [-0.1, -0.05) is 53.6 Å². The van der Waals surface area contributed by atoms with Crippen LogP contribution in [-0.2, 0) is 16.1 Å². The van der Waals surface area contributed by atoms with Crippen molar-refractivity contribution < 1.29 is 9.59 Å². The fraction of sp³-hybridized carbons (Fsp3) is 0.161. The average Bonchev–Trinajstić information content (AvgIpc) is 3.62. The molecule has 1 N–H and O–H groups in total. The van der Waals surface area contributed by atoms with Gasteiger partial charge in [0.1, 0.15) is 18.1 Å². The number of carbonyl (C=O) groups excluding carboxylic acids is 2. The van der Waals surface area contributed by atoms with Gasteiger partial charge in [0.15, 0.2) is 0 Å². The smallest absolute Gasteiger partial charge is 0.240 e. The number of fused-ring (bicyclic) bond motifs is 1. The van der Waals surface area contributed by atoms with Gasteiger partial charge in [0.25, 0.3) is 0 Å². The SMILES string of the molecule is Cc1ccc(-n2nc(-c3cccs3)c3c2N(CC(=O)NCc2cccnc2)C(=O)CSC3c2cccc(Cl)c2)cc1. The summed E-state index contributed by atoms with van der Waals surface area (Å²) < 4.78 is 1.81. The number of thioether (sulfide) groups is 1. The van der Waals surface area contributed by atoms with E-state index in [0.717, 1.165) is 38.5 Å². The van der Waals surface area contributed by atoms with Crippen LogP contribution in [-0.4, -0.2) is 38.9 Å². The van der Waals surface area contributed by atoms with Crippen LogP contribution in [0.3, 0.4) is 0 Å². The molecule has 0 saturated heterocycles. The summed E-state index contributed by atoms with van der Waals surface area (Å²) in [7, 11) is 0. The van der Waals surface area contributed by atoms with Crippen molar-refractivity contribution in [2.75, 3.05) is 17.2 Å². The van der Waals surface area contributed by atoms with Crippen LogP contribution < -0.4 is 10.2 Å². The lowest BCUT2D eigenvalue weighted by atomic mass is 10.0. The number of anilines is 1. The first-order valence-corrected chi connectivity index (χ1v) is 15.4. The van der Waals surface area contributed by atoms with Crippen LogP contribution in [0.2, 0.25) is 5.02 Å². The molecule has 2 aromatic carbocycles. The maximum Gasteiger partial charge on any atom is 0.240 e. The van der Waals surface area contributed by atoms with Crippen molar-refractivity contribution in [1.29, 1.82) is 0 Å². The number of carbonyl (C=O) groups is 2. The number of hydrogen-bond donors (Lipinski definition) is 1. The molecular weight excluding hydrogens is 574 g/mol. The number of pyridine rings is 1. The highest BCUT2D eigenvalue weighted by Gasteiger charge is 2.38. The molecule has 0 radical (unpaired) electrons. The van der Waals surface area contributed by atoms with E-state index in [-0.39, 0.29) is 29.4 Å². The summed E-state index contributed by atoms with van der Waals surface area (Å²) in [6, 6.07) is 23.5. The highest BCUT2D eigenvalue weighted by atomic mass is 35.5. The molecule has 2 amide bonds. The number of nitrogens with one attached hydrogen (secondary N) is 1. The van der Waals surface area contributed by atoms with Crippen molar-refractivity contribution in [3.05, 3.63) is 118 Å². The summed E-state index contributed by atoms with van der Waals surface area (Å²) in [5.74, 6) is 0.352. The van der Waals surface area contributed by atoms with Crippen LogP contribution in [0, 0.1) is 6.92 Å². The van der Waals surface area contributed by atoms with Crippen LogP contribution in [0.1, 0.15) is 27.5 Å². The number of aromatic nitrogens is 3. The number of aryl methyl sites for hydroxylation is 1. The van der Waals surface area contributed by atoms with Gasteiger partial charge in [0.05, 0.1) is 21.6 Å². The zero-order valence-corrected chi connectivity index (χ0v) is 24.5. The predicted octanol–water partition coefficient (Wildman–Crippen LogP) is 6.44. The molecule has 4 heterocycles. The fourth-order valence-electron chi connectivity index (χ4n) is 4.82. The van der Waals surface area contributed by atoms with Crippen molar-refractivity contribution in [1.82, 2.24) is 20.1 Å². The molecule has 0 aliphatic carbocycles. The molecule has 0 bridgehead atoms. The Morgan fingerprint density at radius 1 is 1.10 bits per heavy atom. The largest absolute Gasteiger partial charge is 0.350 e. The van der Waals surface area contributed by atoms with E-state index in [0.29, 0.717) is 17.4 Å². The summed E-state index contributed by atoms with van der Waals surface area (Å²) in [4.78, 5) is 33.8. The molecule has 1 aliphatic rings. The second-order valence-corrected chi connectivity index (χ2v) is 12.2. The van der Waals surface area contributed by atoms with Crippen LogP contribution >= 0.6 is 34.7 Å². The normalized spacial score (nSPS) is 14.9. The van der Waals surface area contributed by atoms with Gasteiger partial charge in [0.2, 0.25) is 11.8 Å². The second-order valence-electron chi connectivity index (χ2n) is 9.67. The minimum Gasteiger partial charge on any atom is -0.350 e. The number of thiophene rings is 1. The van der Waals surface area contributed by atoms with E-state index < -0.39 is 0 Å². The molecular formula is C31H26ClN5O2S2. The van der Waals surface area contributed by atoms with Gasteiger partial charge in [-0.2, -0.15) is 5.10 Å². The third kappa shape index (κ3) is 5.79. The van der Waals surface area contributed by atoms with E-state index in [9.17, 15) is 9.59 Å². The van der Waals surface area contributed by atoms with Crippen molar-refractivity contribution in [3.8, 4) is 16.3 Å². The highest BCUT2D eigenvalue weighted by molar-refractivity contribution is 8.00. The van der Waals surface area contributed by atoms with E-state index in [2.05, 4.69) is 10.3 Å². The van der Waals surface area contributed by atoms with E-state index in [1.807, 2.05) is 85.1 Å². The maximum absolute atomic E-state index is 13.8. The lowest BCUT2D eigenvalue weighted by Crippen LogP contribution is -2.42. The second kappa shape index (κ2) is 11.9. The van der Waals surface area contributed by atoms with Gasteiger partial charge in [-0.15, -0.1) is 23.1 Å². The van der Waals surface area contributed by atoms with Crippen molar-refractivity contribution >= 4 is 52.3 Å². The fourth-order valence-corrected chi connectivity index (χ4v) is 6.93. The summed E-state index contributed by atoms with van der Waals surface area (Å²) >= 11 is 9.55. The number of amides is 2. The van der Waals surface area contributed by atoms with E-state index in [1.165, 1.54) is 11.8 Å². The predicted molar refractivity (Wildman–Crippen MR) is 166 cm³/mol. The zero-order valence-electron chi connectivity index (χ0n) is 22.2. The number of halogens is 1. The number of rotatable bonds is 7.